The first-order chi connectivity index (χ1) is 12.6. The van der Waals surface area contributed by atoms with Crippen LogP contribution in [0.2, 0.25) is 0 Å². The number of amides is 1. The van der Waals surface area contributed by atoms with Crippen LogP contribution in [-0.2, 0) is 6.54 Å². The lowest BCUT2D eigenvalue weighted by Crippen LogP contribution is -2.36. The fraction of sp³-hybridized carbons (Fsp3) is 0.526. The number of hydrogen-bond acceptors (Lipinski definition) is 4. The molecule has 7 heteroatoms. The van der Waals surface area contributed by atoms with Gasteiger partial charge < -0.3 is 4.90 Å². The molecular weight excluding hydrogens is 333 g/mol. The monoisotopic (exact) mass is 359 g/mol. The molecule has 3 rings (SSSR count). The molecule has 140 valence electrons. The fourth-order valence-corrected chi connectivity index (χ4v) is 3.46. The standard InChI is InChI=1S/C19H26FN5O/c1-3-24(4-2)19(26)18-14-25(22-21-18)17-6-5-11-23(13-17)12-15-7-9-16(20)10-8-15/h7-10,14,17H,3-6,11-13H2,1-2H3. The van der Waals surface area contributed by atoms with Gasteiger partial charge >= 0.3 is 0 Å². The van der Waals surface area contributed by atoms with E-state index in [-0.39, 0.29) is 17.8 Å². The first-order valence-electron chi connectivity index (χ1n) is 9.28. The van der Waals surface area contributed by atoms with Crippen LogP contribution in [0.25, 0.3) is 0 Å². The van der Waals surface area contributed by atoms with Gasteiger partial charge in [0, 0.05) is 26.2 Å². The average molecular weight is 359 g/mol. The van der Waals surface area contributed by atoms with Gasteiger partial charge in [0.15, 0.2) is 5.69 Å². The zero-order valence-corrected chi connectivity index (χ0v) is 15.4. The number of hydrogen-bond donors (Lipinski definition) is 0. The van der Waals surface area contributed by atoms with Crippen molar-refractivity contribution in [3.05, 3.63) is 47.5 Å². The number of carbonyl (C=O) groups is 1. The molecule has 0 aliphatic carbocycles. The van der Waals surface area contributed by atoms with E-state index in [9.17, 15) is 9.18 Å². The van der Waals surface area contributed by atoms with Crippen molar-refractivity contribution in [3.8, 4) is 0 Å². The summed E-state index contributed by atoms with van der Waals surface area (Å²) in [6.07, 6.45) is 3.85. The number of nitrogens with zero attached hydrogens (tertiary/aromatic N) is 5. The van der Waals surface area contributed by atoms with Gasteiger partial charge in [0.2, 0.25) is 0 Å². The smallest absolute Gasteiger partial charge is 0.276 e. The Morgan fingerprint density at radius 1 is 1.27 bits per heavy atom. The molecule has 1 atom stereocenters. The maximum atomic E-state index is 13.1. The lowest BCUT2D eigenvalue weighted by molar-refractivity contribution is 0.0767. The molecule has 2 heterocycles. The predicted molar refractivity (Wildman–Crippen MR) is 97.2 cm³/mol. The Labute approximate surface area is 153 Å². The molecule has 1 aromatic heterocycles. The van der Waals surface area contributed by atoms with E-state index in [2.05, 4.69) is 15.2 Å². The van der Waals surface area contributed by atoms with Crippen LogP contribution in [-0.4, -0.2) is 56.9 Å². The molecule has 0 spiro atoms. The van der Waals surface area contributed by atoms with Crippen molar-refractivity contribution < 1.29 is 9.18 Å². The maximum Gasteiger partial charge on any atom is 0.276 e. The summed E-state index contributed by atoms with van der Waals surface area (Å²) in [6, 6.07) is 6.86. The topological polar surface area (TPSA) is 54.3 Å². The van der Waals surface area contributed by atoms with Gasteiger partial charge in [-0.05, 0) is 50.9 Å². The van der Waals surface area contributed by atoms with E-state index < -0.39 is 0 Å². The fourth-order valence-electron chi connectivity index (χ4n) is 3.46. The third kappa shape index (κ3) is 4.27. The van der Waals surface area contributed by atoms with Crippen molar-refractivity contribution in [2.45, 2.75) is 39.3 Å². The Hall–Kier alpha value is -2.28. The van der Waals surface area contributed by atoms with Crippen LogP contribution in [0.1, 0.15) is 48.8 Å². The predicted octanol–water partition coefficient (Wildman–Crippen LogP) is 2.74. The van der Waals surface area contributed by atoms with Gasteiger partial charge in [-0.15, -0.1) is 5.10 Å². The summed E-state index contributed by atoms with van der Waals surface area (Å²) in [5.41, 5.74) is 1.51. The number of piperidine rings is 1. The van der Waals surface area contributed by atoms with Gasteiger partial charge in [-0.1, -0.05) is 17.3 Å². The Balaban J connectivity index is 1.64. The van der Waals surface area contributed by atoms with E-state index >= 15 is 0 Å². The molecule has 2 aromatic rings. The molecule has 0 N–H and O–H groups in total. The molecule has 6 nitrogen and oxygen atoms in total. The van der Waals surface area contributed by atoms with Crippen LogP contribution in [0, 0.1) is 5.82 Å². The summed E-state index contributed by atoms with van der Waals surface area (Å²) in [4.78, 5) is 16.5. The lowest BCUT2D eigenvalue weighted by Gasteiger charge is -2.32. The summed E-state index contributed by atoms with van der Waals surface area (Å²) < 4.78 is 14.9. The van der Waals surface area contributed by atoms with Crippen LogP contribution < -0.4 is 0 Å². The molecule has 1 aliphatic heterocycles. The van der Waals surface area contributed by atoms with Gasteiger partial charge in [0.05, 0.1) is 12.2 Å². The van der Waals surface area contributed by atoms with Crippen molar-refractivity contribution in [1.29, 1.82) is 0 Å². The van der Waals surface area contributed by atoms with E-state index in [0.717, 1.165) is 38.0 Å². The van der Waals surface area contributed by atoms with Crippen LogP contribution in [0.15, 0.2) is 30.5 Å². The highest BCUT2D eigenvalue weighted by Crippen LogP contribution is 2.22. The Morgan fingerprint density at radius 3 is 2.69 bits per heavy atom. The number of benzene rings is 1. The highest BCUT2D eigenvalue weighted by Gasteiger charge is 2.24. The molecule has 0 saturated carbocycles. The number of likely N-dealkylation sites (tertiary alicyclic amines) is 1. The first-order valence-corrected chi connectivity index (χ1v) is 9.28. The number of halogens is 1. The molecule has 1 unspecified atom stereocenters. The summed E-state index contributed by atoms with van der Waals surface area (Å²) in [5, 5.41) is 8.30. The van der Waals surface area contributed by atoms with Crippen LogP contribution in [0.5, 0.6) is 0 Å². The number of rotatable bonds is 6. The van der Waals surface area contributed by atoms with Gasteiger partial charge in [0.25, 0.3) is 5.91 Å². The van der Waals surface area contributed by atoms with E-state index in [4.69, 9.17) is 0 Å². The molecule has 1 saturated heterocycles. The summed E-state index contributed by atoms with van der Waals surface area (Å²) in [5.74, 6) is -0.279. The van der Waals surface area contributed by atoms with E-state index in [1.54, 1.807) is 11.1 Å². The van der Waals surface area contributed by atoms with Crippen molar-refractivity contribution in [3.63, 3.8) is 0 Å². The highest BCUT2D eigenvalue weighted by atomic mass is 19.1. The summed E-state index contributed by atoms with van der Waals surface area (Å²) in [7, 11) is 0. The average Bonchev–Trinajstić information content (AvgIpc) is 3.15. The molecule has 0 bridgehead atoms. The molecule has 1 aliphatic rings. The van der Waals surface area contributed by atoms with Crippen LogP contribution in [0.3, 0.4) is 0 Å². The highest BCUT2D eigenvalue weighted by molar-refractivity contribution is 5.91. The first kappa shape index (κ1) is 18.5. The zero-order chi connectivity index (χ0) is 18.5. The van der Waals surface area contributed by atoms with Crippen LogP contribution >= 0.6 is 0 Å². The molecule has 1 fully saturated rings. The summed E-state index contributed by atoms with van der Waals surface area (Å²) >= 11 is 0. The quantitative estimate of drug-likeness (QED) is 0.796. The molecule has 26 heavy (non-hydrogen) atoms. The second kappa shape index (κ2) is 8.40. The SMILES string of the molecule is CCN(CC)C(=O)c1cn(C2CCCN(Cc3ccc(F)cc3)C2)nn1. The molecule has 1 amide bonds. The Kier molecular flexibility index (Phi) is 5.98. The Morgan fingerprint density at radius 2 is 2.00 bits per heavy atom. The normalized spacial score (nSPS) is 18.0. The summed E-state index contributed by atoms with van der Waals surface area (Å²) in [6.45, 7) is 7.89. The van der Waals surface area contributed by atoms with Crippen molar-refractivity contribution >= 4 is 5.91 Å². The minimum Gasteiger partial charge on any atom is -0.338 e. The van der Waals surface area contributed by atoms with E-state index in [0.29, 0.717) is 18.8 Å². The van der Waals surface area contributed by atoms with Crippen LogP contribution in [0.4, 0.5) is 4.39 Å². The third-order valence-electron chi connectivity index (χ3n) is 4.95. The van der Waals surface area contributed by atoms with E-state index in [1.165, 1.54) is 12.1 Å². The number of carbonyl (C=O) groups excluding carboxylic acids is 1. The van der Waals surface area contributed by atoms with Gasteiger partial charge in [0.1, 0.15) is 5.82 Å². The molecule has 0 radical (unpaired) electrons. The van der Waals surface area contributed by atoms with Gasteiger partial charge in [-0.25, -0.2) is 9.07 Å². The number of aromatic nitrogens is 3. The second-order valence-corrected chi connectivity index (χ2v) is 6.72. The van der Waals surface area contributed by atoms with Crippen molar-refractivity contribution in [1.82, 2.24) is 24.8 Å². The largest absolute Gasteiger partial charge is 0.338 e. The third-order valence-corrected chi connectivity index (χ3v) is 4.95. The maximum absolute atomic E-state index is 13.1. The molecule has 1 aromatic carbocycles. The van der Waals surface area contributed by atoms with E-state index in [1.807, 2.05) is 30.7 Å². The lowest BCUT2D eigenvalue weighted by atomic mass is 10.0. The molecular formula is C19H26FN5O. The van der Waals surface area contributed by atoms with Crippen molar-refractivity contribution in [2.75, 3.05) is 26.2 Å². The minimum atomic E-state index is -0.210. The van der Waals surface area contributed by atoms with Gasteiger partial charge in [-0.2, -0.15) is 0 Å². The van der Waals surface area contributed by atoms with Gasteiger partial charge in [-0.3, -0.25) is 9.69 Å². The Bertz CT molecular complexity index is 726. The van der Waals surface area contributed by atoms with Crippen molar-refractivity contribution in [2.24, 2.45) is 0 Å². The zero-order valence-electron chi connectivity index (χ0n) is 15.4. The minimum absolute atomic E-state index is 0.0692. The second-order valence-electron chi connectivity index (χ2n) is 6.72.